The molecule has 96 valence electrons. The van der Waals surface area contributed by atoms with Gasteiger partial charge in [0, 0.05) is 11.3 Å². The summed E-state index contributed by atoms with van der Waals surface area (Å²) < 4.78 is 33.4. The molecule has 1 amide bonds. The van der Waals surface area contributed by atoms with Crippen LogP contribution in [0.4, 0.5) is 3.89 Å². The second kappa shape index (κ2) is 5.59. The Morgan fingerprint density at radius 2 is 2.12 bits per heavy atom. The minimum Gasteiger partial charge on any atom is -0.351 e. The van der Waals surface area contributed by atoms with E-state index in [0.29, 0.717) is 11.3 Å². The number of thiophene rings is 1. The van der Waals surface area contributed by atoms with Crippen molar-refractivity contribution in [2.75, 3.05) is 0 Å². The molecule has 1 rings (SSSR count). The molecule has 1 heterocycles. The average Bonchev–Trinajstić information content (AvgIpc) is 2.61. The molecule has 17 heavy (non-hydrogen) atoms. The number of carbonyl (C=O) groups excluding carboxylic acids is 1. The SMILES string of the molecule is CC(C)CC(=O)NCc1ccc(S(=O)(=O)F)s1. The second-order valence-corrected chi connectivity index (χ2v) is 6.78. The van der Waals surface area contributed by atoms with Crippen LogP contribution in [0.2, 0.25) is 0 Å². The molecule has 0 atom stereocenters. The first-order valence-electron chi connectivity index (χ1n) is 5.09. The number of hydrogen-bond donors (Lipinski definition) is 1. The van der Waals surface area contributed by atoms with Crippen molar-refractivity contribution in [2.45, 2.75) is 31.0 Å². The summed E-state index contributed by atoms with van der Waals surface area (Å²) in [5.74, 6) is 0.165. The Hall–Kier alpha value is -0.950. The minimum atomic E-state index is -4.63. The molecule has 1 N–H and O–H groups in total. The lowest BCUT2D eigenvalue weighted by molar-refractivity contribution is -0.121. The van der Waals surface area contributed by atoms with Crippen LogP contribution in [0.3, 0.4) is 0 Å². The van der Waals surface area contributed by atoms with Gasteiger partial charge in [-0.25, -0.2) is 0 Å². The summed E-state index contributed by atoms with van der Waals surface area (Å²) in [5, 5.41) is 2.65. The number of halogens is 1. The molecule has 4 nitrogen and oxygen atoms in total. The zero-order chi connectivity index (χ0) is 13.1. The lowest BCUT2D eigenvalue weighted by Gasteiger charge is -2.05. The third-order valence-corrected chi connectivity index (χ3v) is 4.27. The van der Waals surface area contributed by atoms with E-state index >= 15 is 0 Å². The van der Waals surface area contributed by atoms with E-state index in [1.165, 1.54) is 12.1 Å². The van der Waals surface area contributed by atoms with Gasteiger partial charge in [0.05, 0.1) is 6.54 Å². The summed E-state index contributed by atoms with van der Waals surface area (Å²) in [7, 11) is -4.63. The Morgan fingerprint density at radius 3 is 2.59 bits per heavy atom. The molecular weight excluding hydrogens is 265 g/mol. The van der Waals surface area contributed by atoms with E-state index < -0.39 is 10.2 Å². The van der Waals surface area contributed by atoms with Crippen LogP contribution >= 0.6 is 11.3 Å². The molecule has 0 radical (unpaired) electrons. The van der Waals surface area contributed by atoms with Gasteiger partial charge in [0.25, 0.3) is 0 Å². The number of carbonyl (C=O) groups is 1. The Kier molecular flexibility index (Phi) is 4.64. The highest BCUT2D eigenvalue weighted by Crippen LogP contribution is 2.23. The number of hydrogen-bond acceptors (Lipinski definition) is 4. The van der Waals surface area contributed by atoms with Gasteiger partial charge in [-0.2, -0.15) is 8.42 Å². The van der Waals surface area contributed by atoms with Crippen molar-refractivity contribution in [1.29, 1.82) is 0 Å². The van der Waals surface area contributed by atoms with Crippen LogP contribution in [-0.4, -0.2) is 14.3 Å². The maximum Gasteiger partial charge on any atom is 0.341 e. The van der Waals surface area contributed by atoms with E-state index in [4.69, 9.17) is 0 Å². The molecule has 1 aromatic rings. The van der Waals surface area contributed by atoms with Crippen LogP contribution < -0.4 is 5.32 Å². The van der Waals surface area contributed by atoms with E-state index in [2.05, 4.69) is 5.32 Å². The predicted molar refractivity (Wildman–Crippen MR) is 63.9 cm³/mol. The third-order valence-electron chi connectivity index (χ3n) is 1.93. The number of nitrogens with one attached hydrogen (secondary N) is 1. The molecule has 0 spiro atoms. The quantitative estimate of drug-likeness (QED) is 0.839. The van der Waals surface area contributed by atoms with Gasteiger partial charge >= 0.3 is 10.2 Å². The summed E-state index contributed by atoms with van der Waals surface area (Å²) in [6.07, 6.45) is 0.416. The normalized spacial score (nSPS) is 11.8. The second-order valence-electron chi connectivity index (χ2n) is 4.03. The third kappa shape index (κ3) is 4.82. The van der Waals surface area contributed by atoms with E-state index in [0.717, 1.165) is 11.3 Å². The molecule has 1 aromatic heterocycles. The summed E-state index contributed by atoms with van der Waals surface area (Å²) >= 11 is 0.823. The number of amides is 1. The standard InChI is InChI=1S/C10H14FNO3S2/c1-7(2)5-9(13)12-6-8-3-4-10(16-8)17(11,14)15/h3-4,7H,5-6H2,1-2H3,(H,12,13). The van der Waals surface area contributed by atoms with Crippen LogP contribution in [0.25, 0.3) is 0 Å². The van der Waals surface area contributed by atoms with Crippen LogP contribution in [0.1, 0.15) is 25.1 Å². The van der Waals surface area contributed by atoms with E-state index in [1.54, 1.807) is 0 Å². The van der Waals surface area contributed by atoms with Gasteiger partial charge in [0.15, 0.2) is 4.21 Å². The molecule has 0 unspecified atom stereocenters. The van der Waals surface area contributed by atoms with Gasteiger partial charge < -0.3 is 5.32 Å². The Bertz CT molecular complexity index is 493. The summed E-state index contributed by atoms with van der Waals surface area (Å²) in [6.45, 7) is 4.09. The highest BCUT2D eigenvalue weighted by atomic mass is 32.3. The van der Waals surface area contributed by atoms with E-state index in [-0.39, 0.29) is 22.6 Å². The molecule has 0 aliphatic carbocycles. The first-order chi connectivity index (χ1) is 7.79. The molecular formula is C10H14FNO3S2. The number of rotatable bonds is 5. The lowest BCUT2D eigenvalue weighted by atomic mass is 10.1. The Balaban J connectivity index is 2.54. The van der Waals surface area contributed by atoms with Crippen molar-refractivity contribution >= 4 is 27.5 Å². The maximum atomic E-state index is 12.6. The van der Waals surface area contributed by atoms with Crippen molar-refractivity contribution < 1.29 is 17.1 Å². The van der Waals surface area contributed by atoms with Crippen LogP contribution in [0.15, 0.2) is 16.3 Å². The van der Waals surface area contributed by atoms with Gasteiger partial charge in [-0.15, -0.1) is 11.3 Å². The summed E-state index contributed by atoms with van der Waals surface area (Å²) in [4.78, 5) is 11.9. The molecule has 0 fully saturated rings. The summed E-state index contributed by atoms with van der Waals surface area (Å²) in [5.41, 5.74) is 0. The topological polar surface area (TPSA) is 63.2 Å². The van der Waals surface area contributed by atoms with Crippen LogP contribution in [-0.2, 0) is 21.6 Å². The molecule has 0 saturated heterocycles. The molecule has 0 bridgehead atoms. The van der Waals surface area contributed by atoms with Crippen molar-refractivity contribution in [3.8, 4) is 0 Å². The van der Waals surface area contributed by atoms with Gasteiger partial charge in [-0.1, -0.05) is 17.7 Å². The van der Waals surface area contributed by atoms with Crippen molar-refractivity contribution in [1.82, 2.24) is 5.32 Å². The largest absolute Gasteiger partial charge is 0.351 e. The first-order valence-corrected chi connectivity index (χ1v) is 7.29. The Morgan fingerprint density at radius 1 is 1.47 bits per heavy atom. The van der Waals surface area contributed by atoms with Crippen LogP contribution in [0, 0.1) is 5.92 Å². The molecule has 7 heteroatoms. The smallest absolute Gasteiger partial charge is 0.341 e. The fraction of sp³-hybridized carbons (Fsp3) is 0.500. The zero-order valence-corrected chi connectivity index (χ0v) is 11.2. The van der Waals surface area contributed by atoms with Crippen LogP contribution in [0.5, 0.6) is 0 Å². The molecule has 0 aromatic carbocycles. The van der Waals surface area contributed by atoms with Gasteiger partial charge in [0.2, 0.25) is 5.91 Å². The highest BCUT2D eigenvalue weighted by Gasteiger charge is 2.15. The predicted octanol–water partition coefficient (Wildman–Crippen LogP) is 2.07. The average molecular weight is 279 g/mol. The zero-order valence-electron chi connectivity index (χ0n) is 9.57. The van der Waals surface area contributed by atoms with E-state index in [9.17, 15) is 17.1 Å². The lowest BCUT2D eigenvalue weighted by Crippen LogP contribution is -2.23. The van der Waals surface area contributed by atoms with Crippen molar-refractivity contribution in [3.05, 3.63) is 17.0 Å². The monoisotopic (exact) mass is 279 g/mol. The molecule has 0 saturated carbocycles. The molecule has 0 aliphatic rings. The first kappa shape index (κ1) is 14.1. The van der Waals surface area contributed by atoms with Gasteiger partial charge in [0.1, 0.15) is 0 Å². The molecule has 0 aliphatic heterocycles. The van der Waals surface area contributed by atoms with E-state index in [1.807, 2.05) is 13.8 Å². The van der Waals surface area contributed by atoms with Crippen molar-refractivity contribution in [2.24, 2.45) is 5.92 Å². The fourth-order valence-corrected chi connectivity index (χ4v) is 2.84. The van der Waals surface area contributed by atoms with Gasteiger partial charge in [-0.05, 0) is 18.1 Å². The Labute approximate surface area is 104 Å². The van der Waals surface area contributed by atoms with Crippen molar-refractivity contribution in [3.63, 3.8) is 0 Å². The maximum absolute atomic E-state index is 12.6. The van der Waals surface area contributed by atoms with Gasteiger partial charge in [-0.3, -0.25) is 4.79 Å². The fourth-order valence-electron chi connectivity index (χ4n) is 1.21. The minimum absolute atomic E-state index is 0.0990. The summed E-state index contributed by atoms with van der Waals surface area (Å²) in [6, 6.07) is 2.69. The highest BCUT2D eigenvalue weighted by molar-refractivity contribution is 7.88.